The number of methoxy groups -OCH3 is 1. The Bertz CT molecular complexity index is 1340. The summed E-state index contributed by atoms with van der Waals surface area (Å²) >= 11 is 1.14. The molecule has 0 aliphatic carbocycles. The van der Waals surface area contributed by atoms with Crippen LogP contribution in [0.15, 0.2) is 71.4 Å². The van der Waals surface area contributed by atoms with E-state index >= 15 is 0 Å². The van der Waals surface area contributed by atoms with Gasteiger partial charge in [0, 0.05) is 5.56 Å². The van der Waals surface area contributed by atoms with Gasteiger partial charge in [-0.3, -0.25) is 14.5 Å². The van der Waals surface area contributed by atoms with Gasteiger partial charge >= 0.3 is 0 Å². The Morgan fingerprint density at radius 2 is 1.69 bits per heavy atom. The smallest absolute Gasteiger partial charge is 0.283 e. The highest BCUT2D eigenvalue weighted by Gasteiger charge is 2.32. The summed E-state index contributed by atoms with van der Waals surface area (Å²) in [4.78, 5) is 32.2. The maximum atomic E-state index is 13.4. The largest absolute Gasteiger partial charge is 0.504 e. The van der Waals surface area contributed by atoms with Crippen molar-refractivity contribution in [1.82, 2.24) is 0 Å². The number of aromatic hydroxyl groups is 2. The van der Waals surface area contributed by atoms with Gasteiger partial charge in [-0.05, 0) is 79.1 Å². The molecule has 0 fully saturated rings. The molecule has 0 spiro atoms. The minimum Gasteiger partial charge on any atom is -0.504 e. The van der Waals surface area contributed by atoms with E-state index in [1.54, 1.807) is 25.3 Å². The molecule has 4 rings (SSSR count). The molecule has 0 saturated carbocycles. The summed E-state index contributed by atoms with van der Waals surface area (Å²) in [5.41, 5.74) is 3.98. The number of aryl methyl sites for hydroxylation is 2. The molecule has 0 saturated heterocycles. The van der Waals surface area contributed by atoms with Crippen LogP contribution in [0, 0.1) is 13.8 Å². The van der Waals surface area contributed by atoms with Crippen molar-refractivity contribution in [3.63, 3.8) is 0 Å². The molecule has 1 heterocycles. The summed E-state index contributed by atoms with van der Waals surface area (Å²) in [5, 5.41) is 19.6. The molecule has 178 valence electrons. The standard InChI is InChI=1S/C27H24N2O5S/c1-16-10-17(2)12-20(11-16)29-26(33)22(13-18-4-7-21(34-3)8-5-18)28-27(29)35-15-25(32)19-6-9-23(30)24(31)14-19/h4-14,30-31H,15H2,1-3H3/b22-13-. The van der Waals surface area contributed by atoms with E-state index in [4.69, 9.17) is 4.74 Å². The predicted molar refractivity (Wildman–Crippen MR) is 138 cm³/mol. The normalized spacial score (nSPS) is 14.4. The molecule has 2 N–H and O–H groups in total. The van der Waals surface area contributed by atoms with Crippen molar-refractivity contribution in [3.8, 4) is 17.2 Å². The first-order chi connectivity index (χ1) is 16.7. The maximum absolute atomic E-state index is 13.4. The van der Waals surface area contributed by atoms with E-state index < -0.39 is 0 Å². The number of Topliss-reactive ketones (excluding diaryl/α,β-unsaturated/α-hetero) is 1. The number of thioether (sulfide) groups is 1. The Labute approximate surface area is 207 Å². The number of hydrogen-bond acceptors (Lipinski definition) is 7. The van der Waals surface area contributed by atoms with E-state index in [1.807, 2.05) is 44.2 Å². The van der Waals surface area contributed by atoms with Gasteiger partial charge in [0.1, 0.15) is 11.4 Å². The predicted octanol–water partition coefficient (Wildman–Crippen LogP) is 5.08. The van der Waals surface area contributed by atoms with E-state index in [-0.39, 0.29) is 40.2 Å². The van der Waals surface area contributed by atoms with Gasteiger partial charge in [0.2, 0.25) is 0 Å². The number of amidine groups is 1. The number of ketones is 1. The number of hydrogen-bond donors (Lipinski definition) is 2. The quantitative estimate of drug-likeness (QED) is 0.285. The molecular formula is C27H24N2O5S. The number of rotatable bonds is 6. The SMILES string of the molecule is COc1ccc(/C=C2\N=C(SCC(=O)c3ccc(O)c(O)c3)N(c3cc(C)cc(C)c3)C2=O)cc1. The molecule has 35 heavy (non-hydrogen) atoms. The number of benzene rings is 3. The van der Waals surface area contributed by atoms with Crippen LogP contribution >= 0.6 is 11.8 Å². The fourth-order valence-corrected chi connectivity index (χ4v) is 4.58. The van der Waals surface area contributed by atoms with Crippen molar-refractivity contribution in [2.45, 2.75) is 13.8 Å². The second-order valence-corrected chi connectivity index (χ2v) is 9.04. The van der Waals surface area contributed by atoms with Crippen LogP contribution in [-0.2, 0) is 4.79 Å². The number of ether oxygens (including phenoxy) is 1. The molecule has 0 unspecified atom stereocenters. The number of phenols is 2. The highest BCUT2D eigenvalue weighted by atomic mass is 32.2. The Morgan fingerprint density at radius 3 is 2.31 bits per heavy atom. The lowest BCUT2D eigenvalue weighted by molar-refractivity contribution is -0.113. The number of carbonyl (C=O) groups is 2. The molecule has 8 heteroatoms. The maximum Gasteiger partial charge on any atom is 0.283 e. The fourth-order valence-electron chi connectivity index (χ4n) is 3.67. The average Bonchev–Trinajstić information content (AvgIpc) is 3.14. The molecule has 0 radical (unpaired) electrons. The number of phenolic OH excluding ortho intramolecular Hbond substituents is 2. The van der Waals surface area contributed by atoms with Crippen LogP contribution in [-0.4, -0.2) is 39.9 Å². The zero-order chi connectivity index (χ0) is 25.1. The molecule has 3 aromatic rings. The highest BCUT2D eigenvalue weighted by Crippen LogP contribution is 2.32. The minimum absolute atomic E-state index is 0.00651. The lowest BCUT2D eigenvalue weighted by Crippen LogP contribution is -2.31. The summed E-state index contributed by atoms with van der Waals surface area (Å²) in [7, 11) is 1.59. The molecule has 0 bridgehead atoms. The van der Waals surface area contributed by atoms with Crippen molar-refractivity contribution < 1.29 is 24.5 Å². The van der Waals surface area contributed by atoms with Gasteiger partial charge in [-0.15, -0.1) is 0 Å². The number of nitrogens with zero attached hydrogens (tertiary/aromatic N) is 2. The number of carbonyl (C=O) groups excluding carboxylic acids is 2. The first-order valence-corrected chi connectivity index (χ1v) is 11.8. The van der Waals surface area contributed by atoms with Crippen LogP contribution < -0.4 is 9.64 Å². The molecule has 1 aliphatic heterocycles. The van der Waals surface area contributed by atoms with Gasteiger partial charge in [0.15, 0.2) is 22.4 Å². The van der Waals surface area contributed by atoms with Gasteiger partial charge in [-0.25, -0.2) is 4.99 Å². The monoisotopic (exact) mass is 488 g/mol. The first-order valence-electron chi connectivity index (χ1n) is 10.8. The van der Waals surface area contributed by atoms with Crippen LogP contribution in [0.3, 0.4) is 0 Å². The molecule has 3 aromatic carbocycles. The topological polar surface area (TPSA) is 99.4 Å². The van der Waals surface area contributed by atoms with Crippen molar-refractivity contribution in [2.24, 2.45) is 4.99 Å². The highest BCUT2D eigenvalue weighted by molar-refractivity contribution is 8.14. The van der Waals surface area contributed by atoms with E-state index in [0.29, 0.717) is 16.6 Å². The third-order valence-electron chi connectivity index (χ3n) is 5.34. The van der Waals surface area contributed by atoms with Crippen LogP contribution in [0.2, 0.25) is 0 Å². The lowest BCUT2D eigenvalue weighted by atomic mass is 10.1. The second kappa shape index (κ2) is 10.1. The zero-order valence-electron chi connectivity index (χ0n) is 19.5. The number of amides is 1. The van der Waals surface area contributed by atoms with E-state index in [9.17, 15) is 19.8 Å². The molecule has 1 amide bonds. The minimum atomic E-state index is -0.365. The molecule has 1 aliphatic rings. The number of aliphatic imine (C=N–C) groups is 1. The third kappa shape index (κ3) is 5.38. The van der Waals surface area contributed by atoms with Crippen LogP contribution in [0.25, 0.3) is 6.08 Å². The fraction of sp³-hybridized carbons (Fsp3) is 0.148. The van der Waals surface area contributed by atoms with Crippen LogP contribution in [0.1, 0.15) is 27.0 Å². The Kier molecular flexibility index (Phi) is 6.93. The van der Waals surface area contributed by atoms with E-state index in [2.05, 4.69) is 4.99 Å². The third-order valence-corrected chi connectivity index (χ3v) is 6.28. The molecule has 7 nitrogen and oxygen atoms in total. The zero-order valence-corrected chi connectivity index (χ0v) is 20.3. The summed E-state index contributed by atoms with van der Waals surface area (Å²) in [6.07, 6.45) is 1.70. The second-order valence-electron chi connectivity index (χ2n) is 8.10. The molecular weight excluding hydrogens is 464 g/mol. The van der Waals surface area contributed by atoms with E-state index in [0.717, 1.165) is 28.5 Å². The number of anilines is 1. The molecule has 0 aromatic heterocycles. The lowest BCUT2D eigenvalue weighted by Gasteiger charge is -2.19. The summed E-state index contributed by atoms with van der Waals surface area (Å²) in [6.45, 7) is 3.91. The first kappa shape index (κ1) is 24.1. The summed E-state index contributed by atoms with van der Waals surface area (Å²) in [6, 6.07) is 17.0. The Morgan fingerprint density at radius 1 is 1.00 bits per heavy atom. The average molecular weight is 489 g/mol. The van der Waals surface area contributed by atoms with E-state index in [1.165, 1.54) is 23.1 Å². The van der Waals surface area contributed by atoms with Crippen molar-refractivity contribution in [3.05, 3.63) is 88.6 Å². The van der Waals surface area contributed by atoms with Crippen LogP contribution in [0.4, 0.5) is 5.69 Å². The van der Waals surface area contributed by atoms with Crippen molar-refractivity contribution in [1.29, 1.82) is 0 Å². The van der Waals surface area contributed by atoms with Gasteiger partial charge in [0.05, 0.1) is 18.6 Å². The Hall–Kier alpha value is -4.04. The van der Waals surface area contributed by atoms with Crippen molar-refractivity contribution in [2.75, 3.05) is 17.8 Å². The summed E-state index contributed by atoms with van der Waals surface area (Å²) in [5.74, 6) is -0.519. The Balaban J connectivity index is 1.65. The van der Waals surface area contributed by atoms with Gasteiger partial charge in [0.25, 0.3) is 5.91 Å². The van der Waals surface area contributed by atoms with Gasteiger partial charge in [-0.2, -0.15) is 0 Å². The van der Waals surface area contributed by atoms with Crippen molar-refractivity contribution >= 4 is 40.4 Å². The molecule has 0 atom stereocenters. The van der Waals surface area contributed by atoms with Crippen LogP contribution in [0.5, 0.6) is 17.2 Å². The van der Waals surface area contributed by atoms with Gasteiger partial charge < -0.3 is 14.9 Å². The van der Waals surface area contributed by atoms with Gasteiger partial charge in [-0.1, -0.05) is 30.0 Å². The summed E-state index contributed by atoms with van der Waals surface area (Å²) < 4.78 is 5.19.